The van der Waals surface area contributed by atoms with E-state index in [-0.39, 0.29) is 0 Å². The van der Waals surface area contributed by atoms with Crippen LogP contribution in [-0.4, -0.2) is 41.5 Å². The molecule has 3 atom stereocenters. The van der Waals surface area contributed by atoms with Crippen molar-refractivity contribution in [3.05, 3.63) is 12.2 Å². The van der Waals surface area contributed by atoms with Crippen molar-refractivity contribution >= 4 is 23.7 Å². The number of hydrogen-bond donors (Lipinski definition) is 0. The molecule has 0 N–H and O–H groups in total. The van der Waals surface area contributed by atoms with Crippen LogP contribution in [0, 0.1) is 0 Å². The lowest BCUT2D eigenvalue weighted by atomic mass is 9.86. The fraction of sp³-hybridized carbons (Fsp3) is 0.750. The van der Waals surface area contributed by atoms with Crippen LogP contribution in [0.1, 0.15) is 98.3 Å². The molecule has 0 aromatic carbocycles. The maximum absolute atomic E-state index is 12.8. The van der Waals surface area contributed by atoms with Crippen molar-refractivity contribution < 1.29 is 33.4 Å². The molecule has 0 saturated heterocycles. The minimum atomic E-state index is -1.87. The maximum atomic E-state index is 12.8. The lowest BCUT2D eigenvalue weighted by Crippen LogP contribution is -2.59. The third-order valence-electron chi connectivity index (χ3n) is 5.44. The van der Waals surface area contributed by atoms with Crippen molar-refractivity contribution in [2.45, 2.75) is 116 Å². The van der Waals surface area contributed by atoms with Crippen molar-refractivity contribution in [1.29, 1.82) is 0 Å². The molecule has 0 aliphatic heterocycles. The first kappa shape index (κ1) is 26.9. The van der Waals surface area contributed by atoms with Gasteiger partial charge in [-0.25, -0.2) is 0 Å². The number of carbonyl (C=O) groups is 4. The molecule has 0 radical (unpaired) electrons. The van der Waals surface area contributed by atoms with Crippen molar-refractivity contribution in [2.24, 2.45) is 0 Å². The van der Waals surface area contributed by atoms with E-state index in [1.807, 2.05) is 0 Å². The number of carbonyl (C=O) groups excluding carboxylic acids is 4. The number of unbranched alkanes of at least 4 members (excludes halogenated alkanes) is 9. The van der Waals surface area contributed by atoms with Crippen LogP contribution in [0.25, 0.3) is 0 Å². The van der Waals surface area contributed by atoms with E-state index in [2.05, 4.69) is 6.92 Å². The summed E-state index contributed by atoms with van der Waals surface area (Å²) in [5.41, 5.74) is -1.87. The fourth-order valence-corrected chi connectivity index (χ4v) is 4.03. The summed E-state index contributed by atoms with van der Waals surface area (Å²) in [5.74, 6) is -2.48. The van der Waals surface area contributed by atoms with Gasteiger partial charge in [0.05, 0.1) is 0 Å². The van der Waals surface area contributed by atoms with Gasteiger partial charge in [-0.3, -0.25) is 19.2 Å². The molecule has 31 heavy (non-hydrogen) atoms. The van der Waals surface area contributed by atoms with E-state index in [9.17, 15) is 19.2 Å². The highest BCUT2D eigenvalue weighted by Crippen LogP contribution is 2.36. The minimum absolute atomic E-state index is 0.328. The Bertz CT molecular complexity index is 640. The van der Waals surface area contributed by atoms with Gasteiger partial charge >= 0.3 is 17.9 Å². The normalized spacial score (nSPS) is 21.0. The topological polar surface area (TPSA) is 96.0 Å². The highest BCUT2D eigenvalue weighted by Gasteiger charge is 2.59. The third kappa shape index (κ3) is 8.83. The average Bonchev–Trinajstić information content (AvgIpc) is 2.97. The van der Waals surface area contributed by atoms with Gasteiger partial charge in [0, 0.05) is 20.8 Å². The van der Waals surface area contributed by atoms with E-state index in [4.69, 9.17) is 14.2 Å². The Balaban J connectivity index is 2.73. The second-order valence-electron chi connectivity index (χ2n) is 8.21. The van der Waals surface area contributed by atoms with Crippen LogP contribution in [0.4, 0.5) is 0 Å². The van der Waals surface area contributed by atoms with E-state index in [1.165, 1.54) is 71.4 Å². The standard InChI is InChI=1S/C24H38O7/c1-5-6-7-8-9-10-11-12-13-14-15-22(29-18(2)25)24(31-20(4)27)21(28)16-17-23(24)30-19(3)26/h16-17,22-23H,5-15H2,1-4H3/t22-,23+,24-/m0/s1. The zero-order valence-electron chi connectivity index (χ0n) is 19.4. The highest BCUT2D eigenvalue weighted by molar-refractivity contribution is 6.03. The predicted octanol–water partition coefficient (Wildman–Crippen LogP) is 4.60. The molecule has 176 valence electrons. The molecule has 0 amide bonds. The molecule has 7 nitrogen and oxygen atoms in total. The number of rotatable bonds is 15. The Morgan fingerprint density at radius 1 is 0.871 bits per heavy atom. The summed E-state index contributed by atoms with van der Waals surface area (Å²) in [4.78, 5) is 47.9. The van der Waals surface area contributed by atoms with Crippen LogP contribution in [0.2, 0.25) is 0 Å². The quantitative estimate of drug-likeness (QED) is 0.209. The van der Waals surface area contributed by atoms with Gasteiger partial charge in [-0.05, 0) is 25.0 Å². The van der Waals surface area contributed by atoms with Crippen molar-refractivity contribution in [3.63, 3.8) is 0 Å². The third-order valence-corrected chi connectivity index (χ3v) is 5.44. The summed E-state index contributed by atoms with van der Waals surface area (Å²) >= 11 is 0. The molecular weight excluding hydrogens is 400 g/mol. The highest BCUT2D eigenvalue weighted by atomic mass is 16.6. The van der Waals surface area contributed by atoms with Gasteiger partial charge in [0.25, 0.3) is 0 Å². The molecule has 1 aliphatic rings. The van der Waals surface area contributed by atoms with Crippen molar-refractivity contribution in [2.75, 3.05) is 0 Å². The summed E-state index contributed by atoms with van der Waals surface area (Å²) in [6.45, 7) is 5.82. The van der Waals surface area contributed by atoms with Crippen molar-refractivity contribution in [3.8, 4) is 0 Å². The van der Waals surface area contributed by atoms with E-state index >= 15 is 0 Å². The van der Waals surface area contributed by atoms with Gasteiger partial charge in [0.1, 0.15) is 0 Å². The molecule has 0 bridgehead atoms. The van der Waals surface area contributed by atoms with Crippen LogP contribution in [0.3, 0.4) is 0 Å². The van der Waals surface area contributed by atoms with Gasteiger partial charge in [-0.1, -0.05) is 64.7 Å². The Kier molecular flexibility index (Phi) is 12.1. The summed E-state index contributed by atoms with van der Waals surface area (Å²) < 4.78 is 16.1. The Morgan fingerprint density at radius 2 is 1.42 bits per heavy atom. The lowest BCUT2D eigenvalue weighted by Gasteiger charge is -2.38. The molecule has 1 rings (SSSR count). The minimum Gasteiger partial charge on any atom is -0.458 e. The summed E-state index contributed by atoms with van der Waals surface area (Å²) in [6, 6.07) is 0. The van der Waals surface area contributed by atoms with Crippen LogP contribution in [0.15, 0.2) is 12.2 Å². The summed E-state index contributed by atoms with van der Waals surface area (Å²) in [7, 11) is 0. The second-order valence-corrected chi connectivity index (χ2v) is 8.21. The molecule has 0 heterocycles. The molecule has 0 saturated carbocycles. The van der Waals surface area contributed by atoms with Crippen LogP contribution in [0.5, 0.6) is 0 Å². The number of ketones is 1. The molecular formula is C24H38O7. The monoisotopic (exact) mass is 438 g/mol. The molecule has 1 aliphatic carbocycles. The first-order valence-electron chi connectivity index (χ1n) is 11.5. The molecule has 0 unspecified atom stereocenters. The van der Waals surface area contributed by atoms with E-state index in [0.29, 0.717) is 12.8 Å². The Labute approximate surface area is 185 Å². The second kappa shape index (κ2) is 14.0. The van der Waals surface area contributed by atoms with Crippen LogP contribution < -0.4 is 0 Å². The lowest BCUT2D eigenvalue weighted by molar-refractivity contribution is -0.203. The summed E-state index contributed by atoms with van der Waals surface area (Å²) in [5, 5.41) is 0. The smallest absolute Gasteiger partial charge is 0.303 e. The first-order valence-corrected chi connectivity index (χ1v) is 11.5. The Morgan fingerprint density at radius 3 is 1.90 bits per heavy atom. The van der Waals surface area contributed by atoms with Gasteiger partial charge in [-0.2, -0.15) is 0 Å². The zero-order valence-corrected chi connectivity index (χ0v) is 19.4. The molecule has 0 aromatic heterocycles. The number of esters is 3. The van der Waals surface area contributed by atoms with E-state index < -0.39 is 41.5 Å². The molecule has 0 aromatic rings. The predicted molar refractivity (Wildman–Crippen MR) is 116 cm³/mol. The summed E-state index contributed by atoms with van der Waals surface area (Å²) in [6.07, 6.45) is 12.1. The fourth-order valence-electron chi connectivity index (χ4n) is 4.03. The number of hydrogen-bond acceptors (Lipinski definition) is 7. The molecule has 0 fully saturated rings. The van der Waals surface area contributed by atoms with E-state index in [1.54, 1.807) is 0 Å². The van der Waals surface area contributed by atoms with Gasteiger partial charge in [0.2, 0.25) is 11.4 Å². The largest absolute Gasteiger partial charge is 0.458 e. The first-order chi connectivity index (χ1) is 14.7. The average molecular weight is 439 g/mol. The van der Waals surface area contributed by atoms with E-state index in [0.717, 1.165) is 19.3 Å². The molecule has 0 spiro atoms. The maximum Gasteiger partial charge on any atom is 0.303 e. The van der Waals surface area contributed by atoms with Gasteiger partial charge in [-0.15, -0.1) is 0 Å². The van der Waals surface area contributed by atoms with Crippen LogP contribution >= 0.6 is 0 Å². The SMILES string of the molecule is CCCCCCCCCCCC[C@H](OC(C)=O)[C@@]1(OC(C)=O)C(=O)C=C[C@H]1OC(C)=O. The zero-order chi connectivity index (χ0) is 23.3. The van der Waals surface area contributed by atoms with Crippen molar-refractivity contribution in [1.82, 2.24) is 0 Å². The van der Waals surface area contributed by atoms with Crippen LogP contribution in [-0.2, 0) is 33.4 Å². The molecule has 7 heteroatoms. The van der Waals surface area contributed by atoms with Gasteiger partial charge in [0.15, 0.2) is 12.2 Å². The number of ether oxygens (including phenoxy) is 3. The Hall–Kier alpha value is -2.18. The van der Waals surface area contributed by atoms with Gasteiger partial charge < -0.3 is 14.2 Å².